The second-order valence-corrected chi connectivity index (χ2v) is 9.47. The van der Waals surface area contributed by atoms with E-state index in [1.54, 1.807) is 6.07 Å². The molecule has 0 bridgehead atoms. The van der Waals surface area contributed by atoms with Crippen LogP contribution in [0.4, 0.5) is 11.4 Å². The molecular formula is C29H39N5O4. The fourth-order valence-electron chi connectivity index (χ4n) is 4.46. The van der Waals surface area contributed by atoms with Crippen molar-refractivity contribution in [1.29, 1.82) is 0 Å². The third-order valence-electron chi connectivity index (χ3n) is 6.20. The Bertz CT molecular complexity index is 1290. The Hall–Kier alpha value is -3.85. The van der Waals surface area contributed by atoms with E-state index in [0.29, 0.717) is 66.6 Å². The molecule has 6 N–H and O–H groups in total. The highest BCUT2D eigenvalue weighted by molar-refractivity contribution is 6.08. The Kier molecular flexibility index (Phi) is 9.90. The van der Waals surface area contributed by atoms with Crippen LogP contribution in [0, 0.1) is 5.92 Å². The summed E-state index contributed by atoms with van der Waals surface area (Å²) in [6.07, 6.45) is 2.78. The molecule has 2 aromatic carbocycles. The van der Waals surface area contributed by atoms with E-state index in [0.717, 1.165) is 16.8 Å². The number of benzene rings is 2. The predicted molar refractivity (Wildman–Crippen MR) is 151 cm³/mol. The van der Waals surface area contributed by atoms with E-state index in [4.69, 9.17) is 20.9 Å². The van der Waals surface area contributed by atoms with E-state index >= 15 is 0 Å². The number of amides is 2. The zero-order valence-corrected chi connectivity index (χ0v) is 22.9. The first-order chi connectivity index (χ1) is 18.2. The molecule has 9 heteroatoms. The van der Waals surface area contributed by atoms with Gasteiger partial charge in [0.05, 0.1) is 36.0 Å². The van der Waals surface area contributed by atoms with Gasteiger partial charge in [0.2, 0.25) is 5.91 Å². The Morgan fingerprint density at radius 2 is 1.74 bits per heavy atom. The van der Waals surface area contributed by atoms with Crippen molar-refractivity contribution in [3.05, 3.63) is 53.2 Å². The Morgan fingerprint density at radius 3 is 2.34 bits per heavy atom. The fraction of sp³-hybridized carbons (Fsp3) is 0.414. The van der Waals surface area contributed by atoms with Gasteiger partial charge in [-0.3, -0.25) is 14.6 Å². The average Bonchev–Trinajstić information content (AvgIpc) is 2.87. The third kappa shape index (κ3) is 6.72. The van der Waals surface area contributed by atoms with Crippen LogP contribution in [0.15, 0.2) is 36.5 Å². The van der Waals surface area contributed by atoms with Crippen LogP contribution in [-0.2, 0) is 17.8 Å². The van der Waals surface area contributed by atoms with Crippen LogP contribution in [0.1, 0.15) is 62.5 Å². The van der Waals surface area contributed by atoms with Crippen molar-refractivity contribution in [1.82, 2.24) is 10.3 Å². The smallest absolute Gasteiger partial charge is 0.252 e. The highest BCUT2D eigenvalue weighted by Gasteiger charge is 2.19. The van der Waals surface area contributed by atoms with Crippen molar-refractivity contribution in [3.63, 3.8) is 0 Å². The largest absolute Gasteiger partial charge is 0.490 e. The first-order valence-corrected chi connectivity index (χ1v) is 13.1. The average molecular weight is 522 g/mol. The summed E-state index contributed by atoms with van der Waals surface area (Å²) in [7, 11) is 0. The van der Waals surface area contributed by atoms with E-state index < -0.39 is 11.9 Å². The molecule has 1 heterocycles. The molecule has 0 radical (unpaired) electrons. The molecule has 204 valence electrons. The number of fused-ring (bicyclic) bond motifs is 1. The molecule has 38 heavy (non-hydrogen) atoms. The van der Waals surface area contributed by atoms with Gasteiger partial charge in [0, 0.05) is 29.9 Å². The van der Waals surface area contributed by atoms with Crippen LogP contribution in [0.5, 0.6) is 11.5 Å². The highest BCUT2D eigenvalue weighted by Crippen LogP contribution is 2.38. The lowest BCUT2D eigenvalue weighted by molar-refractivity contribution is -0.122. The number of rotatable bonds is 13. The summed E-state index contributed by atoms with van der Waals surface area (Å²) in [5, 5.41) is 7.08. The molecule has 0 aliphatic carbocycles. The number of primary amides is 1. The number of pyridine rings is 1. The van der Waals surface area contributed by atoms with E-state index in [9.17, 15) is 9.59 Å². The van der Waals surface area contributed by atoms with E-state index in [1.165, 1.54) is 6.20 Å². The molecule has 0 aliphatic rings. The van der Waals surface area contributed by atoms with Gasteiger partial charge in [-0.2, -0.15) is 0 Å². The van der Waals surface area contributed by atoms with Gasteiger partial charge in [-0.05, 0) is 55.9 Å². The lowest BCUT2D eigenvalue weighted by Crippen LogP contribution is -2.41. The minimum absolute atomic E-state index is 0.177. The number of carbonyl (C=O) groups excluding carboxylic acids is 2. The third-order valence-corrected chi connectivity index (χ3v) is 6.20. The summed E-state index contributed by atoms with van der Waals surface area (Å²) in [4.78, 5) is 29.4. The van der Waals surface area contributed by atoms with Gasteiger partial charge in [-0.1, -0.05) is 32.9 Å². The van der Waals surface area contributed by atoms with Gasteiger partial charge >= 0.3 is 0 Å². The number of nitrogens with zero attached hydrogens (tertiary/aromatic N) is 1. The van der Waals surface area contributed by atoms with E-state index in [2.05, 4.69) is 15.6 Å². The molecule has 2 amide bonds. The topological polar surface area (TPSA) is 142 Å². The molecule has 3 rings (SSSR count). The summed E-state index contributed by atoms with van der Waals surface area (Å²) in [5.41, 5.74) is 16.0. The molecule has 9 nitrogen and oxygen atoms in total. The summed E-state index contributed by atoms with van der Waals surface area (Å²) in [6, 6.07) is 8.88. The quantitative estimate of drug-likeness (QED) is 0.261. The van der Waals surface area contributed by atoms with E-state index in [1.807, 2.05) is 58.9 Å². The van der Waals surface area contributed by atoms with Crippen molar-refractivity contribution in [2.24, 2.45) is 17.4 Å². The number of nitrogens with two attached hydrogens (primary N) is 2. The second-order valence-electron chi connectivity index (χ2n) is 9.47. The zero-order chi connectivity index (χ0) is 27.8. The standard InChI is InChI=1S/C29H39N5O4/c1-6-19-18(15-33-29(36)22(30)12-17(4)5)10-9-11-23(19)34-27-20-13-25(37-7-2)26(38-8-3)14-24(20)32-16-21(27)28(31)35/h9-11,13-14,16-17,22H,6-8,12,15,30H2,1-5H3,(H2,31,35)(H,32,34)(H,33,36)/t22-/m0/s1. The maximum absolute atomic E-state index is 12.5. The van der Waals surface area contributed by atoms with Gasteiger partial charge in [0.1, 0.15) is 0 Å². The van der Waals surface area contributed by atoms with Crippen LogP contribution >= 0.6 is 0 Å². The first-order valence-electron chi connectivity index (χ1n) is 13.1. The maximum Gasteiger partial charge on any atom is 0.252 e. The van der Waals surface area contributed by atoms with Crippen molar-refractivity contribution < 1.29 is 19.1 Å². The molecule has 0 saturated heterocycles. The molecule has 3 aromatic rings. The minimum Gasteiger partial charge on any atom is -0.490 e. The van der Waals surface area contributed by atoms with Crippen LogP contribution in [-0.4, -0.2) is 36.1 Å². The van der Waals surface area contributed by atoms with Crippen LogP contribution in [0.2, 0.25) is 0 Å². The van der Waals surface area contributed by atoms with Gasteiger partial charge < -0.3 is 31.6 Å². The number of ether oxygens (including phenoxy) is 2. The predicted octanol–water partition coefficient (Wildman–Crippen LogP) is 4.43. The molecule has 0 spiro atoms. The summed E-state index contributed by atoms with van der Waals surface area (Å²) in [5.74, 6) is 0.683. The van der Waals surface area contributed by atoms with Crippen molar-refractivity contribution in [2.45, 2.75) is 60.0 Å². The van der Waals surface area contributed by atoms with Gasteiger partial charge in [0.15, 0.2) is 11.5 Å². The summed E-state index contributed by atoms with van der Waals surface area (Å²) >= 11 is 0. The molecular weight excluding hydrogens is 482 g/mol. The first kappa shape index (κ1) is 28.7. The summed E-state index contributed by atoms with van der Waals surface area (Å²) < 4.78 is 11.6. The molecule has 0 unspecified atom stereocenters. The Morgan fingerprint density at radius 1 is 1.05 bits per heavy atom. The number of carbonyl (C=O) groups is 2. The van der Waals surface area contributed by atoms with Crippen LogP contribution < -0.4 is 31.6 Å². The fourth-order valence-corrected chi connectivity index (χ4v) is 4.46. The van der Waals surface area contributed by atoms with Crippen LogP contribution in [0.25, 0.3) is 10.9 Å². The van der Waals surface area contributed by atoms with Gasteiger partial charge in [0.25, 0.3) is 5.91 Å². The Labute approximate surface area is 224 Å². The number of hydrogen-bond donors (Lipinski definition) is 4. The number of hydrogen-bond acceptors (Lipinski definition) is 7. The maximum atomic E-state index is 12.5. The lowest BCUT2D eigenvalue weighted by Gasteiger charge is -2.20. The van der Waals surface area contributed by atoms with Crippen molar-refractivity contribution >= 4 is 34.1 Å². The van der Waals surface area contributed by atoms with Crippen molar-refractivity contribution in [2.75, 3.05) is 18.5 Å². The molecule has 0 fully saturated rings. The minimum atomic E-state index is -0.602. The molecule has 0 saturated carbocycles. The van der Waals surface area contributed by atoms with Crippen molar-refractivity contribution in [3.8, 4) is 11.5 Å². The van der Waals surface area contributed by atoms with Crippen LogP contribution in [0.3, 0.4) is 0 Å². The normalized spacial score (nSPS) is 11.9. The molecule has 1 atom stereocenters. The highest BCUT2D eigenvalue weighted by atomic mass is 16.5. The van der Waals surface area contributed by atoms with Gasteiger partial charge in [-0.25, -0.2) is 0 Å². The molecule has 0 aliphatic heterocycles. The Balaban J connectivity index is 2.03. The number of aromatic nitrogens is 1. The zero-order valence-electron chi connectivity index (χ0n) is 22.9. The number of anilines is 2. The number of nitrogens with one attached hydrogen (secondary N) is 2. The van der Waals surface area contributed by atoms with Gasteiger partial charge in [-0.15, -0.1) is 0 Å². The van der Waals surface area contributed by atoms with E-state index in [-0.39, 0.29) is 11.5 Å². The summed E-state index contributed by atoms with van der Waals surface area (Å²) in [6.45, 7) is 11.2. The lowest BCUT2D eigenvalue weighted by atomic mass is 10.0. The molecule has 1 aromatic heterocycles. The monoisotopic (exact) mass is 521 g/mol. The SMILES string of the molecule is CCOc1cc2ncc(C(N)=O)c(Nc3cccc(CNC(=O)[C@@H](N)CC(C)C)c3CC)c2cc1OCC. The second kappa shape index (κ2) is 13.1.